The first-order valence-electron chi connectivity index (χ1n) is 6.12. The van der Waals surface area contributed by atoms with Gasteiger partial charge in [-0.3, -0.25) is 15.1 Å². The molecule has 0 aliphatic rings. The summed E-state index contributed by atoms with van der Waals surface area (Å²) in [6, 6.07) is 8.05. The van der Waals surface area contributed by atoms with E-state index in [1.165, 1.54) is 12.3 Å². The Hall–Kier alpha value is -2.47. The summed E-state index contributed by atoms with van der Waals surface area (Å²) in [4.78, 5) is 14.7. The Bertz CT molecular complexity index is 624. The van der Waals surface area contributed by atoms with E-state index in [9.17, 15) is 10.1 Å². The van der Waals surface area contributed by atoms with Crippen molar-refractivity contribution in [2.75, 3.05) is 0 Å². The van der Waals surface area contributed by atoms with Crippen molar-refractivity contribution in [2.24, 2.45) is 5.73 Å². The highest BCUT2D eigenvalue weighted by Crippen LogP contribution is 2.34. The van der Waals surface area contributed by atoms with Crippen molar-refractivity contribution in [2.45, 2.75) is 19.9 Å². The number of aryl methyl sites for hydroxylation is 1. The molecule has 104 valence electrons. The van der Waals surface area contributed by atoms with Crippen molar-refractivity contribution < 1.29 is 9.66 Å². The van der Waals surface area contributed by atoms with Crippen LogP contribution in [-0.4, -0.2) is 9.91 Å². The van der Waals surface area contributed by atoms with Crippen molar-refractivity contribution >= 4 is 5.69 Å². The van der Waals surface area contributed by atoms with Gasteiger partial charge in [0.1, 0.15) is 5.75 Å². The minimum Gasteiger partial charge on any atom is -0.448 e. The second kappa shape index (κ2) is 5.66. The normalized spacial score (nSPS) is 11.9. The maximum atomic E-state index is 11.0. The lowest BCUT2D eigenvalue weighted by molar-refractivity contribution is -0.385. The van der Waals surface area contributed by atoms with Crippen LogP contribution in [0.5, 0.6) is 11.5 Å². The molecule has 0 spiro atoms. The predicted octanol–water partition coefficient (Wildman–Crippen LogP) is 3.11. The molecule has 1 atom stereocenters. The van der Waals surface area contributed by atoms with Crippen LogP contribution in [0.2, 0.25) is 0 Å². The van der Waals surface area contributed by atoms with Gasteiger partial charge in [0.05, 0.1) is 16.8 Å². The number of hydrogen-bond acceptors (Lipinski definition) is 5. The molecule has 0 aliphatic carbocycles. The first-order chi connectivity index (χ1) is 9.49. The van der Waals surface area contributed by atoms with E-state index >= 15 is 0 Å². The van der Waals surface area contributed by atoms with Crippen LogP contribution in [0.4, 0.5) is 5.69 Å². The summed E-state index contributed by atoms with van der Waals surface area (Å²) in [5.41, 5.74) is 7.07. The third kappa shape index (κ3) is 2.92. The summed E-state index contributed by atoms with van der Waals surface area (Å²) in [5, 5.41) is 11.0. The van der Waals surface area contributed by atoms with Crippen molar-refractivity contribution in [3.63, 3.8) is 0 Å². The lowest BCUT2D eigenvalue weighted by Crippen LogP contribution is -2.06. The molecule has 1 aromatic carbocycles. The molecular weight excluding hydrogens is 258 g/mol. The molecule has 20 heavy (non-hydrogen) atoms. The molecule has 2 rings (SSSR count). The molecule has 0 unspecified atom stereocenters. The zero-order valence-electron chi connectivity index (χ0n) is 11.2. The van der Waals surface area contributed by atoms with Crippen LogP contribution in [0, 0.1) is 17.0 Å². The molecule has 1 aromatic heterocycles. The van der Waals surface area contributed by atoms with Crippen LogP contribution in [0.15, 0.2) is 36.5 Å². The number of nitro groups is 1. The van der Waals surface area contributed by atoms with E-state index < -0.39 is 4.92 Å². The number of rotatable bonds is 4. The Kier molecular flexibility index (Phi) is 3.95. The van der Waals surface area contributed by atoms with Crippen LogP contribution in [0.25, 0.3) is 0 Å². The average molecular weight is 273 g/mol. The summed E-state index contributed by atoms with van der Waals surface area (Å²) in [6.45, 7) is 3.58. The molecule has 0 fully saturated rings. The molecule has 0 aliphatic heterocycles. The Morgan fingerprint density at radius 2 is 2.10 bits per heavy atom. The molecule has 6 heteroatoms. The fourth-order valence-electron chi connectivity index (χ4n) is 1.75. The first-order valence-corrected chi connectivity index (χ1v) is 6.12. The summed E-state index contributed by atoms with van der Waals surface area (Å²) < 4.78 is 5.59. The molecule has 0 saturated carbocycles. The molecule has 0 amide bonds. The zero-order valence-corrected chi connectivity index (χ0v) is 11.2. The van der Waals surface area contributed by atoms with Crippen LogP contribution < -0.4 is 10.5 Å². The Balaban J connectivity index is 2.32. The van der Waals surface area contributed by atoms with E-state index in [1.54, 1.807) is 31.2 Å². The molecule has 1 heterocycles. The van der Waals surface area contributed by atoms with Crippen molar-refractivity contribution in [3.8, 4) is 11.5 Å². The quantitative estimate of drug-likeness (QED) is 0.682. The van der Waals surface area contributed by atoms with Gasteiger partial charge < -0.3 is 10.5 Å². The summed E-state index contributed by atoms with van der Waals surface area (Å²) in [6.07, 6.45) is 1.51. The number of nitrogens with zero attached hydrogens (tertiary/aromatic N) is 2. The maximum Gasteiger partial charge on any atom is 0.311 e. The minimum atomic E-state index is -0.466. The fraction of sp³-hybridized carbons (Fsp3) is 0.214. The molecule has 2 aromatic rings. The number of benzene rings is 1. The van der Waals surface area contributed by atoms with Crippen molar-refractivity contribution in [1.82, 2.24) is 4.98 Å². The Morgan fingerprint density at radius 3 is 2.65 bits per heavy atom. The molecule has 6 nitrogen and oxygen atoms in total. The van der Waals surface area contributed by atoms with Gasteiger partial charge >= 0.3 is 5.69 Å². The largest absolute Gasteiger partial charge is 0.448 e. The Labute approximate surface area is 116 Å². The van der Waals surface area contributed by atoms with E-state index in [1.807, 2.05) is 6.92 Å². The SMILES string of the molecule is Cc1cccc([N+](=O)[O-])c1Oc1ccc([C@H](C)N)nc1. The van der Waals surface area contributed by atoms with Crippen molar-refractivity contribution in [3.05, 3.63) is 57.9 Å². The van der Waals surface area contributed by atoms with Gasteiger partial charge in [0.2, 0.25) is 5.75 Å². The van der Waals surface area contributed by atoms with E-state index in [-0.39, 0.29) is 17.5 Å². The summed E-state index contributed by atoms with van der Waals surface area (Å²) in [5.74, 6) is 0.666. The number of para-hydroxylation sites is 1. The predicted molar refractivity (Wildman–Crippen MR) is 74.7 cm³/mol. The van der Waals surface area contributed by atoms with E-state index in [0.717, 1.165) is 5.69 Å². The van der Waals surface area contributed by atoms with Gasteiger partial charge in [0.15, 0.2) is 0 Å². The van der Waals surface area contributed by atoms with E-state index in [4.69, 9.17) is 10.5 Å². The van der Waals surface area contributed by atoms with Crippen molar-refractivity contribution in [1.29, 1.82) is 0 Å². The lowest BCUT2D eigenvalue weighted by atomic mass is 10.2. The van der Waals surface area contributed by atoms with Gasteiger partial charge in [-0.1, -0.05) is 12.1 Å². The lowest BCUT2D eigenvalue weighted by Gasteiger charge is -2.10. The standard InChI is InChI=1S/C14H15N3O3/c1-9-4-3-5-13(17(18)19)14(9)20-11-6-7-12(10(2)15)16-8-11/h3-8,10H,15H2,1-2H3/t10-/m0/s1. The van der Waals surface area contributed by atoms with Gasteiger partial charge in [-0.05, 0) is 31.5 Å². The van der Waals surface area contributed by atoms with Gasteiger partial charge in [0.25, 0.3) is 0 Å². The van der Waals surface area contributed by atoms with Crippen LogP contribution >= 0.6 is 0 Å². The number of aromatic nitrogens is 1. The number of nitrogens with two attached hydrogens (primary N) is 1. The number of hydrogen-bond donors (Lipinski definition) is 1. The fourth-order valence-corrected chi connectivity index (χ4v) is 1.75. The third-order valence-electron chi connectivity index (χ3n) is 2.83. The van der Waals surface area contributed by atoms with E-state index in [0.29, 0.717) is 11.3 Å². The number of nitro benzene ring substituents is 1. The topological polar surface area (TPSA) is 91.3 Å². The summed E-state index contributed by atoms with van der Waals surface area (Å²) >= 11 is 0. The van der Waals surface area contributed by atoms with Crippen LogP contribution in [0.3, 0.4) is 0 Å². The monoisotopic (exact) mass is 273 g/mol. The Morgan fingerprint density at radius 1 is 1.35 bits per heavy atom. The summed E-state index contributed by atoms with van der Waals surface area (Å²) in [7, 11) is 0. The van der Waals surface area contributed by atoms with Gasteiger partial charge in [-0.25, -0.2) is 0 Å². The van der Waals surface area contributed by atoms with Crippen LogP contribution in [-0.2, 0) is 0 Å². The maximum absolute atomic E-state index is 11.0. The van der Waals surface area contributed by atoms with E-state index in [2.05, 4.69) is 4.98 Å². The highest BCUT2D eigenvalue weighted by Gasteiger charge is 2.17. The molecule has 0 bridgehead atoms. The smallest absolute Gasteiger partial charge is 0.311 e. The molecule has 0 radical (unpaired) electrons. The third-order valence-corrected chi connectivity index (χ3v) is 2.83. The minimum absolute atomic E-state index is 0.0683. The molecular formula is C14H15N3O3. The number of ether oxygens (including phenoxy) is 1. The first kappa shape index (κ1) is 14.0. The van der Waals surface area contributed by atoms with Gasteiger partial charge in [-0.2, -0.15) is 0 Å². The van der Waals surface area contributed by atoms with Gasteiger partial charge in [0, 0.05) is 12.1 Å². The molecule has 2 N–H and O–H groups in total. The number of pyridine rings is 1. The highest BCUT2D eigenvalue weighted by molar-refractivity contribution is 5.52. The molecule has 0 saturated heterocycles. The highest BCUT2D eigenvalue weighted by atomic mass is 16.6. The van der Waals surface area contributed by atoms with Crippen LogP contribution in [0.1, 0.15) is 24.2 Å². The second-order valence-electron chi connectivity index (χ2n) is 4.49. The zero-order chi connectivity index (χ0) is 14.7. The van der Waals surface area contributed by atoms with Gasteiger partial charge in [-0.15, -0.1) is 0 Å². The average Bonchev–Trinajstić information content (AvgIpc) is 2.41. The second-order valence-corrected chi connectivity index (χ2v) is 4.49.